The molecule has 1 aliphatic rings. The first-order valence-corrected chi connectivity index (χ1v) is 12.3. The zero-order valence-corrected chi connectivity index (χ0v) is 21.0. The molecule has 1 N–H and O–H groups in total. The van der Waals surface area contributed by atoms with E-state index in [1.807, 2.05) is 53.4 Å². The molecule has 3 aromatic rings. The van der Waals surface area contributed by atoms with Crippen LogP contribution in [0.15, 0.2) is 72.8 Å². The van der Waals surface area contributed by atoms with Gasteiger partial charge >= 0.3 is 0 Å². The van der Waals surface area contributed by atoms with Crippen molar-refractivity contribution < 1.29 is 14.3 Å². The van der Waals surface area contributed by atoms with E-state index in [1.54, 1.807) is 6.92 Å². The van der Waals surface area contributed by atoms with Crippen molar-refractivity contribution >= 4 is 11.8 Å². The highest BCUT2D eigenvalue weighted by Gasteiger charge is 2.33. The summed E-state index contributed by atoms with van der Waals surface area (Å²) >= 11 is 0. The molecule has 1 aliphatic heterocycles. The second-order valence-electron chi connectivity index (χ2n) is 9.69. The van der Waals surface area contributed by atoms with Crippen LogP contribution in [0.2, 0.25) is 0 Å². The van der Waals surface area contributed by atoms with Crippen molar-refractivity contribution in [3.05, 3.63) is 101 Å². The Morgan fingerprint density at radius 2 is 1.77 bits per heavy atom. The molecule has 35 heavy (non-hydrogen) atoms. The molecule has 0 fully saturated rings. The number of nitrogens with zero attached hydrogens (tertiary/aromatic N) is 1. The van der Waals surface area contributed by atoms with Gasteiger partial charge in [0.05, 0.1) is 6.04 Å². The van der Waals surface area contributed by atoms with Gasteiger partial charge in [-0.3, -0.25) is 9.59 Å². The molecule has 0 radical (unpaired) electrons. The van der Waals surface area contributed by atoms with Gasteiger partial charge in [-0.25, -0.2) is 0 Å². The number of aryl methyl sites for hydroxylation is 1. The van der Waals surface area contributed by atoms with Gasteiger partial charge in [0.25, 0.3) is 11.8 Å². The molecular formula is C30H34N2O3. The predicted octanol–water partition coefficient (Wildman–Crippen LogP) is 5.32. The lowest BCUT2D eigenvalue weighted by molar-refractivity contribution is -0.127. The highest BCUT2D eigenvalue weighted by atomic mass is 16.5. The van der Waals surface area contributed by atoms with Gasteiger partial charge < -0.3 is 15.0 Å². The number of benzene rings is 3. The van der Waals surface area contributed by atoms with Gasteiger partial charge in [0.15, 0.2) is 6.10 Å². The van der Waals surface area contributed by atoms with Crippen molar-refractivity contribution in [3.63, 3.8) is 0 Å². The van der Waals surface area contributed by atoms with E-state index in [-0.39, 0.29) is 17.9 Å². The zero-order chi connectivity index (χ0) is 24.9. The molecule has 2 amide bonds. The summed E-state index contributed by atoms with van der Waals surface area (Å²) < 4.78 is 6.05. The Labute approximate surface area is 208 Å². The van der Waals surface area contributed by atoms with Crippen molar-refractivity contribution in [1.29, 1.82) is 0 Å². The van der Waals surface area contributed by atoms with E-state index in [2.05, 4.69) is 50.4 Å². The van der Waals surface area contributed by atoms with E-state index in [0.29, 0.717) is 30.3 Å². The SMILES string of the molecule is Cc1cccc([C@H]2c3cc(O[C@H](C)C(=O)NCC(C)C)ccc3CCN2C(=O)c2ccccc2)c1. The topological polar surface area (TPSA) is 58.6 Å². The van der Waals surface area contributed by atoms with Gasteiger partial charge in [-0.15, -0.1) is 0 Å². The van der Waals surface area contributed by atoms with Crippen LogP contribution in [0.4, 0.5) is 0 Å². The molecule has 0 aliphatic carbocycles. The molecule has 4 rings (SSSR count). The second kappa shape index (κ2) is 10.8. The first-order chi connectivity index (χ1) is 16.8. The maximum absolute atomic E-state index is 13.6. The van der Waals surface area contributed by atoms with E-state index in [1.165, 1.54) is 5.56 Å². The van der Waals surface area contributed by atoms with E-state index in [9.17, 15) is 9.59 Å². The minimum atomic E-state index is -0.616. The van der Waals surface area contributed by atoms with Crippen LogP contribution in [0.3, 0.4) is 0 Å². The van der Waals surface area contributed by atoms with E-state index < -0.39 is 6.10 Å². The molecule has 0 unspecified atom stereocenters. The third kappa shape index (κ3) is 5.73. The average molecular weight is 471 g/mol. The highest BCUT2D eigenvalue weighted by molar-refractivity contribution is 5.95. The smallest absolute Gasteiger partial charge is 0.260 e. The number of carbonyl (C=O) groups excluding carboxylic acids is 2. The maximum Gasteiger partial charge on any atom is 0.260 e. The fourth-order valence-corrected chi connectivity index (χ4v) is 4.54. The number of rotatable bonds is 7. The Bertz CT molecular complexity index is 1190. The first kappa shape index (κ1) is 24.5. The normalized spacial score (nSPS) is 15.9. The fraction of sp³-hybridized carbons (Fsp3) is 0.333. The Morgan fingerprint density at radius 3 is 2.49 bits per heavy atom. The Kier molecular flexibility index (Phi) is 7.54. The monoisotopic (exact) mass is 470 g/mol. The molecule has 1 heterocycles. The van der Waals surface area contributed by atoms with Crippen LogP contribution in [0.25, 0.3) is 0 Å². The molecule has 0 spiro atoms. The Hall–Kier alpha value is -3.60. The summed E-state index contributed by atoms with van der Waals surface area (Å²) in [7, 11) is 0. The number of hydrogen-bond donors (Lipinski definition) is 1. The van der Waals surface area contributed by atoms with Crippen LogP contribution < -0.4 is 10.1 Å². The highest BCUT2D eigenvalue weighted by Crippen LogP contribution is 2.38. The largest absolute Gasteiger partial charge is 0.481 e. The molecule has 0 bridgehead atoms. The number of ether oxygens (including phenoxy) is 1. The average Bonchev–Trinajstić information content (AvgIpc) is 2.86. The summed E-state index contributed by atoms with van der Waals surface area (Å²) in [5.74, 6) is 0.878. The third-order valence-corrected chi connectivity index (χ3v) is 6.35. The Morgan fingerprint density at radius 1 is 1.00 bits per heavy atom. The van der Waals surface area contributed by atoms with Crippen LogP contribution in [0.5, 0.6) is 5.75 Å². The molecule has 5 heteroatoms. The van der Waals surface area contributed by atoms with Crippen molar-refractivity contribution in [3.8, 4) is 5.75 Å². The fourth-order valence-electron chi connectivity index (χ4n) is 4.54. The summed E-state index contributed by atoms with van der Waals surface area (Å²) in [5, 5.41) is 2.93. The second-order valence-corrected chi connectivity index (χ2v) is 9.69. The number of amides is 2. The minimum Gasteiger partial charge on any atom is -0.481 e. The molecule has 0 saturated heterocycles. The van der Waals surface area contributed by atoms with Crippen LogP contribution >= 0.6 is 0 Å². The number of hydrogen-bond acceptors (Lipinski definition) is 3. The maximum atomic E-state index is 13.6. The summed E-state index contributed by atoms with van der Waals surface area (Å²) in [6.07, 6.45) is 0.149. The van der Waals surface area contributed by atoms with Crippen molar-refractivity contribution in [1.82, 2.24) is 10.2 Å². The van der Waals surface area contributed by atoms with Gasteiger partial charge in [-0.05, 0) is 67.1 Å². The molecular weight excluding hydrogens is 436 g/mol. The van der Waals surface area contributed by atoms with Crippen LogP contribution in [0.1, 0.15) is 59.4 Å². The predicted molar refractivity (Wildman–Crippen MR) is 139 cm³/mol. The lowest BCUT2D eigenvalue weighted by Gasteiger charge is -2.38. The third-order valence-electron chi connectivity index (χ3n) is 6.35. The Balaban J connectivity index is 1.68. The number of nitrogens with one attached hydrogen (secondary N) is 1. The lowest BCUT2D eigenvalue weighted by atomic mass is 9.87. The van der Waals surface area contributed by atoms with Gasteiger partial charge in [0.1, 0.15) is 5.75 Å². The van der Waals surface area contributed by atoms with Crippen molar-refractivity contribution in [2.45, 2.75) is 46.3 Å². The molecule has 5 nitrogen and oxygen atoms in total. The van der Waals surface area contributed by atoms with Gasteiger partial charge in [0, 0.05) is 18.7 Å². The summed E-state index contributed by atoms with van der Waals surface area (Å²) in [4.78, 5) is 28.0. The summed E-state index contributed by atoms with van der Waals surface area (Å²) in [5.41, 5.74) is 5.12. The standard InChI is InChI=1S/C30H34N2O3/c1-20(2)19-31-29(33)22(4)35-26-14-13-23-15-16-32(30(34)24-10-6-5-7-11-24)28(27(23)18-26)25-12-8-9-21(3)17-25/h5-14,17-18,20,22,28H,15-16,19H2,1-4H3,(H,31,33)/t22-,28+/m1/s1. The minimum absolute atomic E-state index is 0.00973. The quantitative estimate of drug-likeness (QED) is 0.508. The molecule has 182 valence electrons. The van der Waals surface area contributed by atoms with Crippen LogP contribution in [0, 0.1) is 12.8 Å². The first-order valence-electron chi connectivity index (χ1n) is 12.3. The summed E-state index contributed by atoms with van der Waals surface area (Å²) in [6, 6.07) is 23.5. The molecule has 0 aromatic heterocycles. The molecule has 2 atom stereocenters. The number of carbonyl (C=O) groups is 2. The molecule has 0 saturated carbocycles. The van der Waals surface area contributed by atoms with Gasteiger partial charge in [-0.2, -0.15) is 0 Å². The summed E-state index contributed by atoms with van der Waals surface area (Å²) in [6.45, 7) is 9.19. The van der Waals surface area contributed by atoms with Crippen LogP contribution in [-0.4, -0.2) is 35.9 Å². The van der Waals surface area contributed by atoms with E-state index in [0.717, 1.165) is 23.1 Å². The van der Waals surface area contributed by atoms with Crippen molar-refractivity contribution in [2.24, 2.45) is 5.92 Å². The van der Waals surface area contributed by atoms with Crippen molar-refractivity contribution in [2.75, 3.05) is 13.1 Å². The van der Waals surface area contributed by atoms with Crippen LogP contribution in [-0.2, 0) is 11.2 Å². The molecule has 3 aromatic carbocycles. The zero-order valence-electron chi connectivity index (χ0n) is 21.0. The van der Waals surface area contributed by atoms with Gasteiger partial charge in [-0.1, -0.05) is 67.9 Å². The number of fused-ring (bicyclic) bond motifs is 1. The van der Waals surface area contributed by atoms with E-state index in [4.69, 9.17) is 4.74 Å². The van der Waals surface area contributed by atoms with E-state index >= 15 is 0 Å². The lowest BCUT2D eigenvalue weighted by Crippen LogP contribution is -2.41. The van der Waals surface area contributed by atoms with Gasteiger partial charge in [0.2, 0.25) is 0 Å².